The van der Waals surface area contributed by atoms with Crippen LogP contribution in [0.25, 0.3) is 0 Å². The molecule has 13 nitrogen and oxygen atoms in total. The molecule has 0 aromatic heterocycles. The minimum atomic E-state index is -3.05. The molecule has 0 bridgehead atoms. The molecule has 0 saturated carbocycles. The zero-order valence-corrected chi connectivity index (χ0v) is 24.6. The summed E-state index contributed by atoms with van der Waals surface area (Å²) in [7, 11) is 0. The van der Waals surface area contributed by atoms with E-state index in [9.17, 15) is 60.0 Å². The Kier molecular flexibility index (Phi) is 18.0. The van der Waals surface area contributed by atoms with E-state index in [1.165, 1.54) is 0 Å². The van der Waals surface area contributed by atoms with Gasteiger partial charge in [-0.05, 0) is 25.7 Å². The fraction of sp³-hybridized carbons (Fsp3) is 0.857. The molecule has 0 spiro atoms. The predicted molar refractivity (Wildman–Crippen MR) is 146 cm³/mol. The van der Waals surface area contributed by atoms with Gasteiger partial charge >= 0.3 is 0 Å². The lowest BCUT2D eigenvalue weighted by molar-refractivity contribution is -0.221. The maximum absolute atomic E-state index is 14.0. The van der Waals surface area contributed by atoms with Crippen molar-refractivity contribution in [2.45, 2.75) is 115 Å². The fourth-order valence-corrected chi connectivity index (χ4v) is 5.28. The summed E-state index contributed by atoms with van der Waals surface area (Å²) in [5, 5.41) is 80.9. The van der Waals surface area contributed by atoms with Crippen molar-refractivity contribution in [3.8, 4) is 0 Å². The molecule has 6 unspecified atom stereocenters. The second kappa shape index (κ2) is 18.8. The van der Waals surface area contributed by atoms with Crippen LogP contribution in [0.15, 0.2) is 0 Å². The number of ketones is 4. The van der Waals surface area contributed by atoms with Gasteiger partial charge in [-0.15, -0.1) is 0 Å². The largest absolute Gasteiger partial charge is 0.393 e. The van der Waals surface area contributed by atoms with Gasteiger partial charge in [-0.3, -0.25) is 19.2 Å². The molecule has 8 N–H and O–H groups in total. The predicted octanol–water partition coefficient (Wildman–Crippen LogP) is -1.40. The topological polar surface area (TPSA) is 239 Å². The molecule has 0 aliphatic rings. The molecule has 0 heterocycles. The SMILES string of the molecule is CCCCC(CC)C(OC(C(=O)C(O)CO)(C(=O)C(O)CO)C(CC)CCCC)(C(=O)C(O)CO)C(=O)C(O)CO. The zero-order chi connectivity index (χ0) is 32.0. The van der Waals surface area contributed by atoms with Crippen LogP contribution >= 0.6 is 0 Å². The Morgan fingerprint density at radius 2 is 0.780 bits per heavy atom. The van der Waals surface area contributed by atoms with Crippen LogP contribution in [-0.2, 0) is 23.9 Å². The van der Waals surface area contributed by atoms with E-state index < -0.39 is 97.0 Å². The van der Waals surface area contributed by atoms with E-state index >= 15 is 0 Å². The van der Waals surface area contributed by atoms with Crippen molar-refractivity contribution < 1.29 is 64.8 Å². The van der Waals surface area contributed by atoms with E-state index in [2.05, 4.69) is 0 Å². The first-order valence-electron chi connectivity index (χ1n) is 14.3. The number of hydrogen-bond acceptors (Lipinski definition) is 13. The molecule has 0 fully saturated rings. The van der Waals surface area contributed by atoms with Gasteiger partial charge in [-0.2, -0.15) is 0 Å². The lowest BCUT2D eigenvalue weighted by Gasteiger charge is -2.49. The van der Waals surface area contributed by atoms with Gasteiger partial charge < -0.3 is 45.6 Å². The Labute approximate surface area is 241 Å². The van der Waals surface area contributed by atoms with Crippen molar-refractivity contribution >= 4 is 23.1 Å². The molecule has 0 radical (unpaired) electrons. The van der Waals surface area contributed by atoms with Crippen molar-refractivity contribution in [1.29, 1.82) is 0 Å². The van der Waals surface area contributed by atoms with Gasteiger partial charge in [0.15, 0.2) is 11.2 Å². The Balaban J connectivity index is 8.21. The summed E-state index contributed by atoms with van der Waals surface area (Å²) in [6.45, 7) is 1.84. The highest BCUT2D eigenvalue weighted by Gasteiger charge is 2.65. The Bertz CT molecular complexity index is 720. The number of carbonyl (C=O) groups excluding carboxylic acids is 4. The third-order valence-corrected chi connectivity index (χ3v) is 7.64. The molecular formula is C28H50O13. The molecule has 6 atom stereocenters. The summed E-state index contributed by atoms with van der Waals surface area (Å²) in [5.74, 6) is -8.52. The molecule has 0 rings (SSSR count). The van der Waals surface area contributed by atoms with Gasteiger partial charge in [-0.25, -0.2) is 0 Å². The first-order valence-corrected chi connectivity index (χ1v) is 14.3. The lowest BCUT2D eigenvalue weighted by Crippen LogP contribution is -2.71. The van der Waals surface area contributed by atoms with Crippen LogP contribution < -0.4 is 0 Å². The van der Waals surface area contributed by atoms with Crippen molar-refractivity contribution in [3.05, 3.63) is 0 Å². The minimum absolute atomic E-state index is 0.0239. The van der Waals surface area contributed by atoms with Gasteiger partial charge in [0.25, 0.3) is 0 Å². The van der Waals surface area contributed by atoms with Gasteiger partial charge in [-0.1, -0.05) is 53.4 Å². The first kappa shape index (κ1) is 39.3. The second-order valence-corrected chi connectivity index (χ2v) is 10.3. The Morgan fingerprint density at radius 3 is 0.951 bits per heavy atom. The van der Waals surface area contributed by atoms with E-state index in [1.807, 2.05) is 0 Å². The number of unbranched alkanes of at least 4 members (excludes halogenated alkanes) is 2. The molecule has 0 aromatic carbocycles. The highest BCUT2D eigenvalue weighted by molar-refractivity contribution is 6.18. The minimum Gasteiger partial charge on any atom is -0.393 e. The number of Topliss-reactive ketones (excluding diaryl/α,β-unsaturated/α-hetero) is 4. The number of carbonyl (C=O) groups is 4. The van der Waals surface area contributed by atoms with E-state index in [4.69, 9.17) is 4.74 Å². The molecule has 0 aromatic rings. The average molecular weight is 595 g/mol. The van der Waals surface area contributed by atoms with Crippen molar-refractivity contribution in [2.24, 2.45) is 11.8 Å². The zero-order valence-electron chi connectivity index (χ0n) is 24.6. The first-order chi connectivity index (χ1) is 19.3. The second-order valence-electron chi connectivity index (χ2n) is 10.3. The molecule has 13 heteroatoms. The molecule has 0 amide bonds. The monoisotopic (exact) mass is 594 g/mol. The molecular weight excluding hydrogens is 544 g/mol. The van der Waals surface area contributed by atoms with Gasteiger partial charge in [0.1, 0.15) is 24.4 Å². The fourth-order valence-electron chi connectivity index (χ4n) is 5.28. The highest BCUT2D eigenvalue weighted by atomic mass is 16.6. The van der Waals surface area contributed by atoms with Gasteiger partial charge in [0.05, 0.1) is 26.4 Å². The van der Waals surface area contributed by atoms with Crippen molar-refractivity contribution in [2.75, 3.05) is 26.4 Å². The van der Waals surface area contributed by atoms with Crippen molar-refractivity contribution in [3.63, 3.8) is 0 Å². The standard InChI is InChI=1S/C28H50O13/c1-5-9-11-17(7-3)27(23(37)19(33)13-29,24(38)20(34)14-30)41-28(25(39)21(35)15-31,26(40)22(36)16-32)18(8-4)12-10-6-2/h17-22,29-36H,5-16H2,1-4H3. The third kappa shape index (κ3) is 8.68. The quantitative estimate of drug-likeness (QED) is 0.0601. The summed E-state index contributed by atoms with van der Waals surface area (Å²) in [6, 6.07) is 0. The Hall–Kier alpha value is -1.68. The number of ether oxygens (including phenoxy) is 1. The summed E-state index contributed by atoms with van der Waals surface area (Å²) in [4.78, 5) is 55.8. The normalized spacial score (nSPS) is 19.2. The maximum atomic E-state index is 14.0. The maximum Gasteiger partial charge on any atom is 0.203 e. The van der Waals surface area contributed by atoms with Gasteiger partial charge in [0.2, 0.25) is 23.1 Å². The van der Waals surface area contributed by atoms with Crippen LogP contribution in [0, 0.1) is 11.8 Å². The van der Waals surface area contributed by atoms with Gasteiger partial charge in [0, 0.05) is 11.8 Å². The summed E-state index contributed by atoms with van der Waals surface area (Å²) < 4.78 is 6.18. The van der Waals surface area contributed by atoms with Crippen LogP contribution in [0.3, 0.4) is 0 Å². The Morgan fingerprint density at radius 1 is 0.537 bits per heavy atom. The number of aliphatic hydroxyl groups excluding tert-OH is 8. The number of hydrogen-bond donors (Lipinski definition) is 8. The van der Waals surface area contributed by atoms with Crippen molar-refractivity contribution in [1.82, 2.24) is 0 Å². The van der Waals surface area contributed by atoms with Crippen LogP contribution in [0.2, 0.25) is 0 Å². The summed E-state index contributed by atoms with van der Waals surface area (Å²) in [5.41, 5.74) is -6.10. The van der Waals surface area contributed by atoms with Crippen LogP contribution in [0.1, 0.15) is 79.1 Å². The molecule has 0 aliphatic heterocycles. The summed E-state index contributed by atoms with van der Waals surface area (Å²) in [6.07, 6.45) is -7.43. The molecule has 240 valence electrons. The van der Waals surface area contributed by atoms with Crippen LogP contribution in [-0.4, -0.2) is 126 Å². The number of rotatable bonds is 24. The smallest absolute Gasteiger partial charge is 0.203 e. The molecule has 0 saturated heterocycles. The average Bonchev–Trinajstić information content (AvgIpc) is 3.00. The van der Waals surface area contributed by atoms with E-state index in [1.54, 1.807) is 27.7 Å². The third-order valence-electron chi connectivity index (χ3n) is 7.64. The molecule has 41 heavy (non-hydrogen) atoms. The molecule has 0 aliphatic carbocycles. The highest BCUT2D eigenvalue weighted by Crippen LogP contribution is 2.43. The van der Waals surface area contributed by atoms with E-state index in [0.29, 0.717) is 25.7 Å². The lowest BCUT2D eigenvalue weighted by atomic mass is 9.68. The summed E-state index contributed by atoms with van der Waals surface area (Å²) >= 11 is 0. The van der Waals surface area contributed by atoms with Crippen LogP contribution in [0.5, 0.6) is 0 Å². The van der Waals surface area contributed by atoms with Crippen LogP contribution in [0.4, 0.5) is 0 Å². The van der Waals surface area contributed by atoms with E-state index in [0.717, 1.165) is 0 Å². The number of aliphatic hydroxyl groups is 8. The van der Waals surface area contributed by atoms with E-state index in [-0.39, 0.29) is 25.7 Å².